The summed E-state index contributed by atoms with van der Waals surface area (Å²) in [7, 11) is 0. The summed E-state index contributed by atoms with van der Waals surface area (Å²) in [5.74, 6) is 5.91. The molecule has 1 aliphatic rings. The first-order valence-electron chi connectivity index (χ1n) is 5.93. The van der Waals surface area contributed by atoms with Crippen LogP contribution in [0.3, 0.4) is 0 Å². The van der Waals surface area contributed by atoms with E-state index in [1.54, 1.807) is 0 Å². The van der Waals surface area contributed by atoms with E-state index in [0.29, 0.717) is 6.04 Å². The number of rotatable bonds is 3. The monoisotopic (exact) mass is 209 g/mol. The van der Waals surface area contributed by atoms with Crippen molar-refractivity contribution in [2.45, 2.75) is 58.1 Å². The molecule has 1 saturated heterocycles. The standard InChI is InChI=1S/C13H23NO/c1-4-5-6-7-13(15)8-10-14(11-9-13)12(2)3/h12,15H,6-11H2,1-3H3. The first-order chi connectivity index (χ1) is 7.07. The van der Waals surface area contributed by atoms with Crippen LogP contribution in [0.1, 0.15) is 46.5 Å². The first-order valence-corrected chi connectivity index (χ1v) is 5.93. The minimum Gasteiger partial charge on any atom is -0.390 e. The topological polar surface area (TPSA) is 23.5 Å². The van der Waals surface area contributed by atoms with E-state index in [2.05, 4.69) is 30.6 Å². The highest BCUT2D eigenvalue weighted by atomic mass is 16.3. The van der Waals surface area contributed by atoms with Crippen molar-refractivity contribution in [3.8, 4) is 11.8 Å². The predicted molar refractivity (Wildman–Crippen MR) is 63.6 cm³/mol. The molecule has 0 aromatic carbocycles. The Kier molecular flexibility index (Phi) is 4.63. The van der Waals surface area contributed by atoms with Crippen LogP contribution in [-0.4, -0.2) is 34.7 Å². The van der Waals surface area contributed by atoms with Gasteiger partial charge in [0.05, 0.1) is 5.60 Å². The predicted octanol–water partition coefficient (Wildman–Crippen LogP) is 2.03. The summed E-state index contributed by atoms with van der Waals surface area (Å²) in [6.07, 6.45) is 3.46. The van der Waals surface area contributed by atoms with E-state index < -0.39 is 5.60 Å². The van der Waals surface area contributed by atoms with Gasteiger partial charge >= 0.3 is 0 Å². The highest BCUT2D eigenvalue weighted by molar-refractivity contribution is 4.98. The van der Waals surface area contributed by atoms with Crippen molar-refractivity contribution in [2.75, 3.05) is 13.1 Å². The maximum Gasteiger partial charge on any atom is 0.0681 e. The molecule has 0 bridgehead atoms. The van der Waals surface area contributed by atoms with Crippen molar-refractivity contribution in [3.63, 3.8) is 0 Å². The molecule has 0 saturated carbocycles. The molecule has 1 heterocycles. The van der Waals surface area contributed by atoms with E-state index in [4.69, 9.17) is 0 Å². The van der Waals surface area contributed by atoms with Crippen molar-refractivity contribution in [1.29, 1.82) is 0 Å². The molecule has 15 heavy (non-hydrogen) atoms. The van der Waals surface area contributed by atoms with Crippen LogP contribution in [-0.2, 0) is 0 Å². The summed E-state index contributed by atoms with van der Waals surface area (Å²) in [6, 6.07) is 0.602. The SMILES string of the molecule is CC#CCCC1(O)CCN(C(C)C)CC1. The Bertz CT molecular complexity index is 241. The lowest BCUT2D eigenvalue weighted by Gasteiger charge is -2.39. The molecule has 0 aliphatic carbocycles. The zero-order valence-corrected chi connectivity index (χ0v) is 10.2. The summed E-state index contributed by atoms with van der Waals surface area (Å²) in [6.45, 7) is 8.33. The van der Waals surface area contributed by atoms with Gasteiger partial charge in [-0.05, 0) is 40.0 Å². The minimum absolute atomic E-state index is 0.449. The number of piperidine rings is 1. The third-order valence-corrected chi connectivity index (χ3v) is 3.35. The summed E-state index contributed by atoms with van der Waals surface area (Å²) >= 11 is 0. The van der Waals surface area contributed by atoms with E-state index in [-0.39, 0.29) is 0 Å². The molecule has 1 rings (SSSR count). The molecule has 0 radical (unpaired) electrons. The zero-order valence-electron chi connectivity index (χ0n) is 10.2. The smallest absolute Gasteiger partial charge is 0.0681 e. The lowest BCUT2D eigenvalue weighted by atomic mass is 9.86. The highest BCUT2D eigenvalue weighted by Gasteiger charge is 2.32. The van der Waals surface area contributed by atoms with Gasteiger partial charge in [0.15, 0.2) is 0 Å². The van der Waals surface area contributed by atoms with Crippen LogP contribution in [0.15, 0.2) is 0 Å². The summed E-state index contributed by atoms with van der Waals surface area (Å²) in [5.41, 5.74) is -0.449. The van der Waals surface area contributed by atoms with Crippen LogP contribution < -0.4 is 0 Å². The molecular weight excluding hydrogens is 186 g/mol. The minimum atomic E-state index is -0.449. The summed E-state index contributed by atoms with van der Waals surface area (Å²) < 4.78 is 0. The van der Waals surface area contributed by atoms with Gasteiger partial charge in [0.1, 0.15) is 0 Å². The normalized spacial score (nSPS) is 21.1. The Labute approximate surface area is 93.7 Å². The van der Waals surface area contributed by atoms with Crippen LogP contribution in [0, 0.1) is 11.8 Å². The van der Waals surface area contributed by atoms with Crippen LogP contribution in [0.4, 0.5) is 0 Å². The van der Waals surface area contributed by atoms with Crippen molar-refractivity contribution < 1.29 is 5.11 Å². The zero-order chi connectivity index (χ0) is 11.3. The molecule has 0 aromatic rings. The van der Waals surface area contributed by atoms with E-state index >= 15 is 0 Å². The molecular formula is C13H23NO. The second-order valence-electron chi connectivity index (χ2n) is 4.78. The van der Waals surface area contributed by atoms with Crippen LogP contribution in [0.5, 0.6) is 0 Å². The van der Waals surface area contributed by atoms with Gasteiger partial charge in [0, 0.05) is 25.6 Å². The van der Waals surface area contributed by atoms with Gasteiger partial charge < -0.3 is 10.0 Å². The average Bonchev–Trinajstić information content (AvgIpc) is 2.18. The number of aliphatic hydroxyl groups is 1. The fraction of sp³-hybridized carbons (Fsp3) is 0.846. The molecule has 0 spiro atoms. The van der Waals surface area contributed by atoms with Crippen molar-refractivity contribution in [2.24, 2.45) is 0 Å². The second kappa shape index (κ2) is 5.53. The molecule has 2 heteroatoms. The lowest BCUT2D eigenvalue weighted by molar-refractivity contribution is -0.0326. The largest absolute Gasteiger partial charge is 0.390 e. The summed E-state index contributed by atoms with van der Waals surface area (Å²) in [4.78, 5) is 2.43. The average molecular weight is 209 g/mol. The quantitative estimate of drug-likeness (QED) is 0.719. The second-order valence-corrected chi connectivity index (χ2v) is 4.78. The lowest BCUT2D eigenvalue weighted by Crippen LogP contribution is -2.46. The van der Waals surface area contributed by atoms with Gasteiger partial charge in [0.25, 0.3) is 0 Å². The Morgan fingerprint density at radius 1 is 1.33 bits per heavy atom. The Morgan fingerprint density at radius 3 is 2.40 bits per heavy atom. The number of nitrogens with zero attached hydrogens (tertiary/aromatic N) is 1. The maximum absolute atomic E-state index is 10.3. The molecule has 0 unspecified atom stereocenters. The number of hydrogen-bond acceptors (Lipinski definition) is 2. The van der Waals surface area contributed by atoms with Crippen molar-refractivity contribution in [3.05, 3.63) is 0 Å². The first kappa shape index (κ1) is 12.5. The van der Waals surface area contributed by atoms with Crippen LogP contribution in [0.25, 0.3) is 0 Å². The van der Waals surface area contributed by atoms with Gasteiger partial charge in [0.2, 0.25) is 0 Å². The van der Waals surface area contributed by atoms with Crippen LogP contribution in [0.2, 0.25) is 0 Å². The van der Waals surface area contributed by atoms with Gasteiger partial charge in [-0.2, -0.15) is 0 Å². The van der Waals surface area contributed by atoms with E-state index in [0.717, 1.165) is 38.8 Å². The molecule has 0 amide bonds. The molecule has 1 fully saturated rings. The Balaban J connectivity index is 2.36. The Morgan fingerprint density at radius 2 is 1.93 bits per heavy atom. The molecule has 0 aromatic heterocycles. The molecule has 1 N–H and O–H groups in total. The number of hydrogen-bond donors (Lipinski definition) is 1. The third kappa shape index (κ3) is 3.85. The third-order valence-electron chi connectivity index (χ3n) is 3.35. The number of likely N-dealkylation sites (tertiary alicyclic amines) is 1. The maximum atomic E-state index is 10.3. The van der Waals surface area contributed by atoms with E-state index in [1.807, 2.05) is 6.92 Å². The van der Waals surface area contributed by atoms with Gasteiger partial charge in [-0.15, -0.1) is 11.8 Å². The molecule has 0 atom stereocenters. The van der Waals surface area contributed by atoms with Crippen molar-refractivity contribution >= 4 is 0 Å². The highest BCUT2D eigenvalue weighted by Crippen LogP contribution is 2.27. The van der Waals surface area contributed by atoms with E-state index in [1.165, 1.54) is 0 Å². The van der Waals surface area contributed by atoms with E-state index in [9.17, 15) is 5.11 Å². The fourth-order valence-corrected chi connectivity index (χ4v) is 2.13. The molecule has 2 nitrogen and oxygen atoms in total. The van der Waals surface area contributed by atoms with Gasteiger partial charge in [-0.1, -0.05) is 0 Å². The summed E-state index contributed by atoms with van der Waals surface area (Å²) in [5, 5.41) is 10.3. The fourth-order valence-electron chi connectivity index (χ4n) is 2.13. The van der Waals surface area contributed by atoms with Gasteiger partial charge in [-0.25, -0.2) is 0 Å². The Hall–Kier alpha value is -0.520. The van der Waals surface area contributed by atoms with Gasteiger partial charge in [-0.3, -0.25) is 0 Å². The molecule has 1 aliphatic heterocycles. The van der Waals surface area contributed by atoms with Crippen LogP contribution >= 0.6 is 0 Å². The molecule has 86 valence electrons. The van der Waals surface area contributed by atoms with Crippen molar-refractivity contribution in [1.82, 2.24) is 4.90 Å².